The van der Waals surface area contributed by atoms with Crippen LogP contribution in [0.3, 0.4) is 0 Å². The summed E-state index contributed by atoms with van der Waals surface area (Å²) >= 11 is 1.92. The van der Waals surface area contributed by atoms with E-state index in [1.807, 2.05) is 11.8 Å². The molecule has 2 atom stereocenters. The first-order valence-corrected chi connectivity index (χ1v) is 8.18. The molecule has 2 rings (SSSR count). The molecule has 0 saturated carbocycles. The Morgan fingerprint density at radius 1 is 1.44 bits per heavy atom. The Kier molecular flexibility index (Phi) is 5.39. The number of hydrogen-bond donors (Lipinski definition) is 1. The monoisotopic (exact) mass is 265 g/mol. The topological polar surface area (TPSA) is 21.3 Å². The van der Waals surface area contributed by atoms with Crippen LogP contribution in [0, 0.1) is 0 Å². The van der Waals surface area contributed by atoms with E-state index in [1.165, 1.54) is 17.7 Å². The van der Waals surface area contributed by atoms with Gasteiger partial charge >= 0.3 is 0 Å². The van der Waals surface area contributed by atoms with E-state index in [-0.39, 0.29) is 0 Å². The van der Waals surface area contributed by atoms with Gasteiger partial charge in [0, 0.05) is 24.3 Å². The van der Waals surface area contributed by atoms with Crippen LogP contribution in [0.2, 0.25) is 0 Å². The molecule has 1 aromatic carbocycles. The lowest BCUT2D eigenvalue weighted by Crippen LogP contribution is -2.35. The molecule has 3 heteroatoms. The largest absolute Gasteiger partial charge is 0.493 e. The minimum Gasteiger partial charge on any atom is -0.493 e. The second-order valence-electron chi connectivity index (χ2n) is 4.84. The summed E-state index contributed by atoms with van der Waals surface area (Å²) in [4.78, 5) is 0. The lowest BCUT2D eigenvalue weighted by atomic mass is 9.93. The van der Waals surface area contributed by atoms with Gasteiger partial charge in [-0.1, -0.05) is 25.1 Å². The predicted molar refractivity (Wildman–Crippen MR) is 79.8 cm³/mol. The zero-order valence-corrected chi connectivity index (χ0v) is 12.1. The highest BCUT2D eigenvalue weighted by molar-refractivity contribution is 7.98. The second-order valence-corrected chi connectivity index (χ2v) is 5.75. The Labute approximate surface area is 114 Å². The van der Waals surface area contributed by atoms with Gasteiger partial charge in [-0.15, -0.1) is 0 Å². The van der Waals surface area contributed by atoms with Crippen LogP contribution in [-0.2, 0) is 0 Å². The van der Waals surface area contributed by atoms with Gasteiger partial charge < -0.3 is 10.1 Å². The molecule has 2 nitrogen and oxygen atoms in total. The van der Waals surface area contributed by atoms with E-state index in [2.05, 4.69) is 42.8 Å². The van der Waals surface area contributed by atoms with E-state index >= 15 is 0 Å². The van der Waals surface area contributed by atoms with Gasteiger partial charge in [0.15, 0.2) is 0 Å². The average molecular weight is 265 g/mol. The summed E-state index contributed by atoms with van der Waals surface area (Å²) in [6.07, 6.45) is 4.50. The van der Waals surface area contributed by atoms with E-state index in [1.54, 1.807) is 0 Å². The van der Waals surface area contributed by atoms with Crippen LogP contribution < -0.4 is 10.1 Å². The van der Waals surface area contributed by atoms with E-state index in [0.29, 0.717) is 12.0 Å². The number of thioether (sulfide) groups is 1. The van der Waals surface area contributed by atoms with E-state index in [9.17, 15) is 0 Å². The van der Waals surface area contributed by atoms with Crippen molar-refractivity contribution in [2.45, 2.75) is 31.7 Å². The van der Waals surface area contributed by atoms with E-state index in [4.69, 9.17) is 4.74 Å². The van der Waals surface area contributed by atoms with E-state index in [0.717, 1.165) is 25.3 Å². The molecular formula is C15H23NOS. The van der Waals surface area contributed by atoms with Crippen LogP contribution in [0.25, 0.3) is 0 Å². The Morgan fingerprint density at radius 2 is 2.28 bits per heavy atom. The molecule has 0 saturated heterocycles. The molecule has 0 aliphatic carbocycles. The van der Waals surface area contributed by atoms with E-state index < -0.39 is 0 Å². The summed E-state index contributed by atoms with van der Waals surface area (Å²) in [6.45, 7) is 4.17. The van der Waals surface area contributed by atoms with Crippen LogP contribution >= 0.6 is 11.8 Å². The Balaban J connectivity index is 1.94. The van der Waals surface area contributed by atoms with Gasteiger partial charge in [-0.05, 0) is 30.7 Å². The highest BCUT2D eigenvalue weighted by atomic mass is 32.2. The maximum absolute atomic E-state index is 5.70. The minimum absolute atomic E-state index is 0.603. The maximum atomic E-state index is 5.70. The molecule has 0 fully saturated rings. The van der Waals surface area contributed by atoms with Gasteiger partial charge in [0.05, 0.1) is 6.61 Å². The van der Waals surface area contributed by atoms with Crippen molar-refractivity contribution in [2.24, 2.45) is 0 Å². The molecular weight excluding hydrogens is 242 g/mol. The fourth-order valence-corrected chi connectivity index (χ4v) is 3.22. The van der Waals surface area contributed by atoms with Crippen LogP contribution in [0.4, 0.5) is 0 Å². The summed E-state index contributed by atoms with van der Waals surface area (Å²) in [5.41, 5.74) is 1.37. The van der Waals surface area contributed by atoms with Crippen LogP contribution in [0.1, 0.15) is 31.2 Å². The van der Waals surface area contributed by atoms with Gasteiger partial charge in [-0.2, -0.15) is 11.8 Å². The zero-order chi connectivity index (χ0) is 12.8. The van der Waals surface area contributed by atoms with Gasteiger partial charge in [-0.25, -0.2) is 0 Å². The third kappa shape index (κ3) is 3.42. The normalized spacial score (nSPS) is 20.0. The molecule has 0 spiro atoms. The van der Waals surface area contributed by atoms with Crippen LogP contribution in [0.5, 0.6) is 5.75 Å². The van der Waals surface area contributed by atoms with Crippen molar-refractivity contribution in [3.63, 3.8) is 0 Å². The predicted octanol–water partition coefficient (Wildman–Crippen LogP) is 3.28. The molecule has 1 N–H and O–H groups in total. The average Bonchev–Trinajstić information content (AvgIpc) is 2.43. The minimum atomic E-state index is 0.603. The second kappa shape index (κ2) is 7.05. The number of hydrogen-bond acceptors (Lipinski definition) is 3. The molecule has 0 radical (unpaired) electrons. The molecule has 1 aliphatic rings. The van der Waals surface area contributed by atoms with Crippen molar-refractivity contribution < 1.29 is 4.74 Å². The lowest BCUT2D eigenvalue weighted by molar-refractivity contribution is 0.262. The molecule has 18 heavy (non-hydrogen) atoms. The number of rotatable bonds is 6. The van der Waals surface area contributed by atoms with Gasteiger partial charge in [0.1, 0.15) is 5.75 Å². The Bertz CT molecular complexity index is 369. The lowest BCUT2D eigenvalue weighted by Gasteiger charge is -2.27. The molecule has 100 valence electrons. The highest BCUT2D eigenvalue weighted by Gasteiger charge is 2.21. The number of para-hydroxylation sites is 1. The highest BCUT2D eigenvalue weighted by Crippen LogP contribution is 2.32. The first-order valence-electron chi connectivity index (χ1n) is 6.79. The smallest absolute Gasteiger partial charge is 0.122 e. The zero-order valence-electron chi connectivity index (χ0n) is 11.3. The quantitative estimate of drug-likeness (QED) is 0.853. The SMILES string of the molecule is CCC(CSC)NCC1CCOc2ccccc21. The van der Waals surface area contributed by atoms with Crippen molar-refractivity contribution in [1.29, 1.82) is 0 Å². The first kappa shape index (κ1) is 13.8. The Hall–Kier alpha value is -0.670. The van der Waals surface area contributed by atoms with Gasteiger partial charge in [-0.3, -0.25) is 0 Å². The van der Waals surface area contributed by atoms with Crippen molar-refractivity contribution >= 4 is 11.8 Å². The third-order valence-corrected chi connectivity index (χ3v) is 4.33. The van der Waals surface area contributed by atoms with Crippen LogP contribution in [0.15, 0.2) is 24.3 Å². The maximum Gasteiger partial charge on any atom is 0.122 e. The van der Waals surface area contributed by atoms with Crippen molar-refractivity contribution in [2.75, 3.05) is 25.2 Å². The molecule has 1 aromatic rings. The van der Waals surface area contributed by atoms with Gasteiger partial charge in [0.25, 0.3) is 0 Å². The number of fused-ring (bicyclic) bond motifs is 1. The molecule has 0 aromatic heterocycles. The van der Waals surface area contributed by atoms with Crippen molar-refractivity contribution in [1.82, 2.24) is 5.32 Å². The fraction of sp³-hybridized carbons (Fsp3) is 0.600. The summed E-state index contributed by atoms with van der Waals surface area (Å²) < 4.78 is 5.70. The van der Waals surface area contributed by atoms with Crippen LogP contribution in [-0.4, -0.2) is 31.2 Å². The summed E-state index contributed by atoms with van der Waals surface area (Å²) in [5.74, 6) is 2.88. The summed E-state index contributed by atoms with van der Waals surface area (Å²) in [6, 6.07) is 9.09. The van der Waals surface area contributed by atoms with Crippen molar-refractivity contribution in [3.8, 4) is 5.75 Å². The standard InChI is InChI=1S/C15H23NOS/c1-3-13(11-18-2)16-10-12-8-9-17-15-7-5-4-6-14(12)15/h4-7,12-13,16H,3,8-11H2,1-2H3. The van der Waals surface area contributed by atoms with Gasteiger partial charge in [0.2, 0.25) is 0 Å². The van der Waals surface area contributed by atoms with Crippen molar-refractivity contribution in [3.05, 3.63) is 29.8 Å². The summed E-state index contributed by atoms with van der Waals surface area (Å²) in [5, 5.41) is 3.70. The first-order chi connectivity index (χ1) is 8.85. The summed E-state index contributed by atoms with van der Waals surface area (Å²) in [7, 11) is 0. The molecule has 0 bridgehead atoms. The fourth-order valence-electron chi connectivity index (χ4n) is 2.46. The molecule has 1 heterocycles. The molecule has 2 unspecified atom stereocenters. The molecule has 1 aliphatic heterocycles. The third-order valence-electron chi connectivity index (χ3n) is 3.60. The number of nitrogens with one attached hydrogen (secondary N) is 1. The Morgan fingerprint density at radius 3 is 3.06 bits per heavy atom. The number of benzene rings is 1. The number of ether oxygens (including phenoxy) is 1. The molecule has 0 amide bonds.